The molecule has 30 heavy (non-hydrogen) atoms. The van der Waals surface area contributed by atoms with E-state index in [0.29, 0.717) is 18.7 Å². The Bertz CT molecular complexity index is 1130. The maximum absolute atomic E-state index is 12.5. The van der Waals surface area contributed by atoms with Crippen molar-refractivity contribution in [3.63, 3.8) is 0 Å². The van der Waals surface area contributed by atoms with E-state index >= 15 is 0 Å². The molecule has 6 nitrogen and oxygen atoms in total. The van der Waals surface area contributed by atoms with E-state index in [4.69, 9.17) is 4.74 Å². The highest BCUT2D eigenvalue weighted by Crippen LogP contribution is 2.27. The number of anilines is 1. The van der Waals surface area contributed by atoms with Crippen LogP contribution in [0.4, 0.5) is 5.13 Å². The predicted octanol–water partition coefficient (Wildman–Crippen LogP) is 4.28. The van der Waals surface area contributed by atoms with Crippen LogP contribution in [0.15, 0.2) is 67.0 Å². The Kier molecular flexibility index (Phi) is 6.20. The van der Waals surface area contributed by atoms with E-state index in [1.807, 2.05) is 60.8 Å². The van der Waals surface area contributed by atoms with Crippen molar-refractivity contribution >= 4 is 32.6 Å². The number of amides is 1. The number of carbonyl (C=O) groups excluding carboxylic acids is 1. The van der Waals surface area contributed by atoms with Gasteiger partial charge >= 0.3 is 0 Å². The monoisotopic (exact) mass is 418 g/mol. The lowest BCUT2D eigenvalue weighted by atomic mass is 10.1. The van der Waals surface area contributed by atoms with E-state index in [1.165, 1.54) is 11.3 Å². The van der Waals surface area contributed by atoms with Gasteiger partial charge in [0.05, 0.1) is 17.3 Å². The van der Waals surface area contributed by atoms with E-state index < -0.39 is 0 Å². The second kappa shape index (κ2) is 9.37. The number of ether oxygens (including phenoxy) is 1. The molecule has 0 bridgehead atoms. The van der Waals surface area contributed by atoms with Crippen LogP contribution in [0.5, 0.6) is 5.75 Å². The Morgan fingerprint density at radius 3 is 2.73 bits per heavy atom. The fourth-order valence-electron chi connectivity index (χ4n) is 3.04. The van der Waals surface area contributed by atoms with Crippen molar-refractivity contribution in [2.24, 2.45) is 0 Å². The molecule has 2 heterocycles. The van der Waals surface area contributed by atoms with Crippen molar-refractivity contribution in [3.8, 4) is 5.75 Å². The summed E-state index contributed by atoms with van der Waals surface area (Å²) >= 11 is 1.54. The van der Waals surface area contributed by atoms with Gasteiger partial charge in [-0.1, -0.05) is 29.5 Å². The highest BCUT2D eigenvalue weighted by Gasteiger charge is 2.09. The van der Waals surface area contributed by atoms with E-state index in [1.54, 1.807) is 13.3 Å². The van der Waals surface area contributed by atoms with Gasteiger partial charge in [0.1, 0.15) is 5.75 Å². The molecular formula is C23H22N4O2S. The molecule has 2 aromatic carbocycles. The topological polar surface area (TPSA) is 76.1 Å². The summed E-state index contributed by atoms with van der Waals surface area (Å²) in [4.78, 5) is 21.2. The minimum atomic E-state index is -0.0799. The summed E-state index contributed by atoms with van der Waals surface area (Å²) in [5.41, 5.74) is 3.76. The second-order valence-electron chi connectivity index (χ2n) is 6.77. The number of hydrogen-bond acceptors (Lipinski definition) is 6. The van der Waals surface area contributed by atoms with E-state index in [9.17, 15) is 4.79 Å². The molecule has 7 heteroatoms. The SMILES string of the molecule is COc1ccc(CCNC(=O)c2ccc3nc(NCc4cccnc4)sc3c2)cc1. The fourth-order valence-corrected chi connectivity index (χ4v) is 3.94. The molecule has 0 aliphatic heterocycles. The minimum absolute atomic E-state index is 0.0799. The molecular weight excluding hydrogens is 396 g/mol. The number of carbonyl (C=O) groups is 1. The number of thiazole rings is 1. The molecule has 0 fully saturated rings. The molecule has 0 saturated carbocycles. The summed E-state index contributed by atoms with van der Waals surface area (Å²) in [5.74, 6) is 0.749. The second-order valence-corrected chi connectivity index (χ2v) is 7.80. The third kappa shape index (κ3) is 4.93. The Morgan fingerprint density at radius 2 is 1.97 bits per heavy atom. The summed E-state index contributed by atoms with van der Waals surface area (Å²) in [6.07, 6.45) is 4.35. The molecule has 4 aromatic rings. The number of aromatic nitrogens is 2. The lowest BCUT2D eigenvalue weighted by Crippen LogP contribution is -2.25. The average molecular weight is 419 g/mol. The first-order valence-corrected chi connectivity index (χ1v) is 10.5. The van der Waals surface area contributed by atoms with Gasteiger partial charge in [-0.25, -0.2) is 4.98 Å². The van der Waals surface area contributed by atoms with E-state index in [0.717, 1.165) is 38.6 Å². The molecule has 2 N–H and O–H groups in total. The molecule has 0 radical (unpaired) electrons. The average Bonchev–Trinajstić information content (AvgIpc) is 3.21. The number of hydrogen-bond donors (Lipinski definition) is 2. The predicted molar refractivity (Wildman–Crippen MR) is 120 cm³/mol. The molecule has 2 aromatic heterocycles. The zero-order valence-corrected chi connectivity index (χ0v) is 17.4. The molecule has 1 amide bonds. The Hall–Kier alpha value is -3.45. The van der Waals surface area contributed by atoms with Crippen LogP contribution in [0.25, 0.3) is 10.2 Å². The normalized spacial score (nSPS) is 10.7. The smallest absolute Gasteiger partial charge is 0.251 e. The highest BCUT2D eigenvalue weighted by molar-refractivity contribution is 7.22. The van der Waals surface area contributed by atoms with Crippen LogP contribution in [-0.2, 0) is 13.0 Å². The van der Waals surface area contributed by atoms with Crippen LogP contribution in [0.3, 0.4) is 0 Å². The van der Waals surface area contributed by atoms with Gasteiger partial charge in [-0.15, -0.1) is 0 Å². The summed E-state index contributed by atoms with van der Waals surface area (Å²) in [6.45, 7) is 1.23. The number of nitrogens with one attached hydrogen (secondary N) is 2. The maximum atomic E-state index is 12.5. The largest absolute Gasteiger partial charge is 0.497 e. The van der Waals surface area contributed by atoms with E-state index in [-0.39, 0.29) is 5.91 Å². The molecule has 0 saturated heterocycles. The lowest BCUT2D eigenvalue weighted by molar-refractivity contribution is 0.0954. The molecule has 152 valence electrons. The Morgan fingerprint density at radius 1 is 1.10 bits per heavy atom. The fraction of sp³-hybridized carbons (Fsp3) is 0.174. The van der Waals surface area contributed by atoms with Crippen LogP contribution >= 0.6 is 11.3 Å². The number of pyridine rings is 1. The number of benzene rings is 2. The number of nitrogens with zero attached hydrogens (tertiary/aromatic N) is 2. The standard InChI is InChI=1S/C23H22N4O2S/c1-29-19-7-4-16(5-8-19)10-12-25-22(28)18-6-9-20-21(13-18)30-23(27-20)26-15-17-3-2-11-24-14-17/h2-9,11,13-14H,10,12,15H2,1H3,(H,25,28)(H,26,27). The van der Waals surface area contributed by atoms with Crippen LogP contribution in [0.2, 0.25) is 0 Å². The first-order chi connectivity index (χ1) is 14.7. The summed E-state index contributed by atoms with van der Waals surface area (Å²) in [5, 5.41) is 7.13. The van der Waals surface area contributed by atoms with Crippen molar-refractivity contribution < 1.29 is 9.53 Å². The molecule has 0 aliphatic rings. The van der Waals surface area contributed by atoms with Crippen molar-refractivity contribution in [3.05, 3.63) is 83.7 Å². The van der Waals surface area contributed by atoms with Crippen molar-refractivity contribution in [2.45, 2.75) is 13.0 Å². The van der Waals surface area contributed by atoms with Crippen molar-refractivity contribution in [1.29, 1.82) is 0 Å². The van der Waals surface area contributed by atoms with Gasteiger partial charge in [0.2, 0.25) is 0 Å². The molecule has 0 unspecified atom stereocenters. The third-order valence-electron chi connectivity index (χ3n) is 4.68. The quantitative estimate of drug-likeness (QED) is 0.447. The van der Waals surface area contributed by atoms with Gasteiger partial charge in [0, 0.05) is 31.0 Å². The van der Waals surface area contributed by atoms with Gasteiger partial charge in [0.15, 0.2) is 5.13 Å². The molecule has 0 atom stereocenters. The summed E-state index contributed by atoms with van der Waals surface area (Å²) in [7, 11) is 1.65. The van der Waals surface area contributed by atoms with Crippen LogP contribution in [-0.4, -0.2) is 29.5 Å². The Labute approximate surface area is 179 Å². The molecule has 0 aliphatic carbocycles. The number of rotatable bonds is 8. The molecule has 4 rings (SSSR count). The van der Waals surface area contributed by atoms with Gasteiger partial charge in [0.25, 0.3) is 5.91 Å². The van der Waals surface area contributed by atoms with Crippen molar-refractivity contribution in [1.82, 2.24) is 15.3 Å². The van der Waals surface area contributed by atoms with Gasteiger partial charge in [-0.2, -0.15) is 0 Å². The maximum Gasteiger partial charge on any atom is 0.251 e. The number of fused-ring (bicyclic) bond motifs is 1. The van der Waals surface area contributed by atoms with Crippen LogP contribution in [0.1, 0.15) is 21.5 Å². The highest BCUT2D eigenvalue weighted by atomic mass is 32.1. The minimum Gasteiger partial charge on any atom is -0.497 e. The number of methoxy groups -OCH3 is 1. The lowest BCUT2D eigenvalue weighted by Gasteiger charge is -2.06. The Balaban J connectivity index is 1.34. The zero-order valence-electron chi connectivity index (χ0n) is 16.6. The summed E-state index contributed by atoms with van der Waals surface area (Å²) in [6, 6.07) is 17.4. The van der Waals surface area contributed by atoms with Crippen LogP contribution in [0, 0.1) is 0 Å². The molecule has 0 spiro atoms. The van der Waals surface area contributed by atoms with Gasteiger partial charge in [-0.3, -0.25) is 9.78 Å². The van der Waals surface area contributed by atoms with Gasteiger partial charge < -0.3 is 15.4 Å². The van der Waals surface area contributed by atoms with Crippen LogP contribution < -0.4 is 15.4 Å². The summed E-state index contributed by atoms with van der Waals surface area (Å²) < 4.78 is 6.14. The van der Waals surface area contributed by atoms with E-state index in [2.05, 4.69) is 20.6 Å². The first kappa shape index (κ1) is 19.8. The van der Waals surface area contributed by atoms with Gasteiger partial charge in [-0.05, 0) is 53.9 Å². The third-order valence-corrected chi connectivity index (χ3v) is 5.65. The zero-order chi connectivity index (χ0) is 20.8. The first-order valence-electron chi connectivity index (χ1n) is 9.66. The van der Waals surface area contributed by atoms with Crippen molar-refractivity contribution in [2.75, 3.05) is 19.0 Å².